The zero-order chi connectivity index (χ0) is 16.8. The summed E-state index contributed by atoms with van der Waals surface area (Å²) in [5.74, 6) is 0. The normalized spacial score (nSPS) is 10.0. The summed E-state index contributed by atoms with van der Waals surface area (Å²) in [6, 6.07) is 26.2. The van der Waals surface area contributed by atoms with Gasteiger partial charge in [0.2, 0.25) is 0 Å². The van der Waals surface area contributed by atoms with Gasteiger partial charge in [-0.25, -0.2) is 5.06 Å². The SMILES string of the molecule is O=NC=c1ccc(=C(c2ccccc2)N(O)c2ccccc2)cc1. The molecule has 0 aromatic heterocycles. The molecule has 0 aliphatic carbocycles. The first-order valence-corrected chi connectivity index (χ1v) is 7.52. The molecule has 4 heteroatoms. The van der Waals surface area contributed by atoms with E-state index in [1.165, 1.54) is 11.3 Å². The number of hydrogen-bond acceptors (Lipinski definition) is 4. The maximum Gasteiger partial charge on any atom is 0.0837 e. The third-order valence-corrected chi connectivity index (χ3v) is 3.65. The molecule has 3 rings (SSSR count). The van der Waals surface area contributed by atoms with E-state index in [1.807, 2.05) is 72.8 Å². The van der Waals surface area contributed by atoms with Crippen molar-refractivity contribution in [3.63, 3.8) is 0 Å². The number of hydrogen-bond donors (Lipinski definition) is 1. The zero-order valence-corrected chi connectivity index (χ0v) is 12.9. The van der Waals surface area contributed by atoms with E-state index in [-0.39, 0.29) is 0 Å². The van der Waals surface area contributed by atoms with Crippen molar-refractivity contribution in [2.75, 3.05) is 5.06 Å². The Kier molecular flexibility index (Phi) is 4.79. The molecule has 1 N–H and O–H groups in total. The van der Waals surface area contributed by atoms with Crippen LogP contribution in [0.4, 0.5) is 5.69 Å². The van der Waals surface area contributed by atoms with Crippen LogP contribution in [-0.2, 0) is 0 Å². The van der Waals surface area contributed by atoms with Crippen LogP contribution >= 0.6 is 0 Å². The van der Waals surface area contributed by atoms with Gasteiger partial charge >= 0.3 is 0 Å². The molecule has 0 bridgehead atoms. The number of anilines is 1. The average Bonchev–Trinajstić information content (AvgIpc) is 2.65. The summed E-state index contributed by atoms with van der Waals surface area (Å²) in [5.41, 5.74) is 2.21. The molecule has 0 aliphatic heterocycles. The Morgan fingerprint density at radius 1 is 0.833 bits per heavy atom. The van der Waals surface area contributed by atoms with Crippen molar-refractivity contribution in [2.45, 2.75) is 0 Å². The highest BCUT2D eigenvalue weighted by molar-refractivity contribution is 5.76. The summed E-state index contributed by atoms with van der Waals surface area (Å²) in [5, 5.41) is 16.3. The predicted molar refractivity (Wildman–Crippen MR) is 95.6 cm³/mol. The average molecular weight is 316 g/mol. The van der Waals surface area contributed by atoms with Crippen molar-refractivity contribution in [1.29, 1.82) is 0 Å². The van der Waals surface area contributed by atoms with Gasteiger partial charge in [0, 0.05) is 10.8 Å². The lowest BCUT2D eigenvalue weighted by Gasteiger charge is -2.21. The third-order valence-electron chi connectivity index (χ3n) is 3.65. The second-order valence-corrected chi connectivity index (χ2v) is 5.22. The minimum atomic E-state index is 0.660. The fourth-order valence-corrected chi connectivity index (χ4v) is 2.49. The lowest BCUT2D eigenvalue weighted by molar-refractivity contribution is 0.303. The highest BCUT2D eigenvalue weighted by Gasteiger charge is 2.12. The first kappa shape index (κ1) is 15.6. The molecular weight excluding hydrogens is 300 g/mol. The summed E-state index contributed by atoms with van der Waals surface area (Å²) in [4.78, 5) is 10.3. The lowest BCUT2D eigenvalue weighted by atomic mass is 10.1. The van der Waals surface area contributed by atoms with E-state index in [4.69, 9.17) is 0 Å². The van der Waals surface area contributed by atoms with Crippen LogP contribution in [-0.4, -0.2) is 5.21 Å². The predicted octanol–water partition coefficient (Wildman–Crippen LogP) is 3.24. The van der Waals surface area contributed by atoms with Gasteiger partial charge in [0.05, 0.1) is 17.6 Å². The van der Waals surface area contributed by atoms with Crippen molar-refractivity contribution in [1.82, 2.24) is 0 Å². The molecule has 3 aromatic carbocycles. The van der Waals surface area contributed by atoms with Gasteiger partial charge in [0.25, 0.3) is 0 Å². The van der Waals surface area contributed by atoms with Crippen LogP contribution in [0.3, 0.4) is 0 Å². The molecule has 0 radical (unpaired) electrons. The number of nitrogens with zero attached hydrogens (tertiary/aromatic N) is 2. The smallest absolute Gasteiger partial charge is 0.0837 e. The Balaban J connectivity index is 2.21. The number of hydroxylamine groups is 1. The van der Waals surface area contributed by atoms with Gasteiger partial charge in [0.1, 0.15) is 0 Å². The van der Waals surface area contributed by atoms with Crippen LogP contribution in [0, 0.1) is 4.91 Å². The van der Waals surface area contributed by atoms with E-state index in [1.54, 1.807) is 12.1 Å². The van der Waals surface area contributed by atoms with Gasteiger partial charge in [-0.1, -0.05) is 72.8 Å². The topological polar surface area (TPSA) is 52.9 Å². The summed E-state index contributed by atoms with van der Waals surface area (Å²) in [7, 11) is 0. The standard InChI is InChI=1S/C20H16N2O2/c23-21-15-16-11-13-18(14-12-16)20(17-7-3-1-4-8-17)22(24)19-9-5-2-6-10-19/h1-15,24H. The second kappa shape index (κ2) is 7.35. The van der Waals surface area contributed by atoms with Gasteiger partial charge < -0.3 is 0 Å². The second-order valence-electron chi connectivity index (χ2n) is 5.22. The quantitative estimate of drug-likeness (QED) is 0.594. The van der Waals surface area contributed by atoms with E-state index in [2.05, 4.69) is 5.18 Å². The monoisotopic (exact) mass is 316 g/mol. The molecule has 0 aliphatic rings. The first-order chi connectivity index (χ1) is 11.8. The van der Waals surface area contributed by atoms with Gasteiger partial charge in [-0.15, -0.1) is 4.91 Å². The van der Waals surface area contributed by atoms with Gasteiger partial charge in [-0.05, 0) is 22.5 Å². The van der Waals surface area contributed by atoms with Crippen LogP contribution in [0.2, 0.25) is 0 Å². The number of rotatable bonds is 4. The summed E-state index contributed by atoms with van der Waals surface area (Å²) >= 11 is 0. The van der Waals surface area contributed by atoms with Gasteiger partial charge in [0.15, 0.2) is 0 Å². The maximum absolute atomic E-state index is 10.8. The number of para-hydroxylation sites is 1. The highest BCUT2D eigenvalue weighted by atomic mass is 16.5. The van der Waals surface area contributed by atoms with Gasteiger partial charge in [-0.3, -0.25) is 5.21 Å². The molecule has 0 heterocycles. The van der Waals surface area contributed by atoms with Crippen molar-refractivity contribution < 1.29 is 5.21 Å². The first-order valence-electron chi connectivity index (χ1n) is 7.52. The Labute approximate surface area is 139 Å². The fourth-order valence-electron chi connectivity index (χ4n) is 2.49. The molecule has 4 nitrogen and oxygen atoms in total. The molecule has 0 atom stereocenters. The van der Waals surface area contributed by atoms with Crippen LogP contribution in [0.25, 0.3) is 11.9 Å². The third kappa shape index (κ3) is 3.39. The molecule has 3 aromatic rings. The minimum Gasteiger partial charge on any atom is -0.283 e. The van der Waals surface area contributed by atoms with E-state index < -0.39 is 0 Å². The molecule has 118 valence electrons. The minimum absolute atomic E-state index is 0.660. The molecule has 0 unspecified atom stereocenters. The molecule has 0 saturated heterocycles. The lowest BCUT2D eigenvalue weighted by Crippen LogP contribution is -2.25. The van der Waals surface area contributed by atoms with Crippen LogP contribution in [0.5, 0.6) is 0 Å². The molecule has 24 heavy (non-hydrogen) atoms. The molecule has 0 saturated carbocycles. The van der Waals surface area contributed by atoms with E-state index in [0.717, 1.165) is 10.8 Å². The Hall–Kier alpha value is -3.24. The van der Waals surface area contributed by atoms with E-state index in [0.29, 0.717) is 16.6 Å². The molecular formula is C20H16N2O2. The highest BCUT2D eigenvalue weighted by Crippen LogP contribution is 2.21. The van der Waals surface area contributed by atoms with Crippen LogP contribution in [0.1, 0.15) is 5.56 Å². The van der Waals surface area contributed by atoms with Crippen LogP contribution in [0.15, 0.2) is 90.1 Å². The molecule has 0 fully saturated rings. The summed E-state index contributed by atoms with van der Waals surface area (Å²) < 4.78 is 0. The molecule has 0 amide bonds. The molecule has 0 spiro atoms. The van der Waals surface area contributed by atoms with Gasteiger partial charge in [-0.2, -0.15) is 0 Å². The van der Waals surface area contributed by atoms with Crippen molar-refractivity contribution >= 4 is 17.6 Å². The maximum atomic E-state index is 10.8. The Morgan fingerprint density at radius 3 is 2.00 bits per heavy atom. The van der Waals surface area contributed by atoms with Crippen molar-refractivity contribution in [2.24, 2.45) is 5.18 Å². The van der Waals surface area contributed by atoms with Crippen LogP contribution < -0.4 is 15.5 Å². The van der Waals surface area contributed by atoms with E-state index >= 15 is 0 Å². The summed E-state index contributed by atoms with van der Waals surface area (Å²) in [6.45, 7) is 0. The fraction of sp³-hybridized carbons (Fsp3) is 0. The number of nitroso groups, excluding NO2 is 1. The van der Waals surface area contributed by atoms with Crippen molar-refractivity contribution in [3.05, 3.63) is 106 Å². The summed E-state index contributed by atoms with van der Waals surface area (Å²) in [6.07, 6.45) is 1.25. The Morgan fingerprint density at radius 2 is 1.42 bits per heavy atom. The van der Waals surface area contributed by atoms with E-state index in [9.17, 15) is 10.1 Å². The Bertz CT molecular complexity index is 915. The number of benzene rings is 3. The zero-order valence-electron chi connectivity index (χ0n) is 12.9. The largest absolute Gasteiger partial charge is 0.283 e. The van der Waals surface area contributed by atoms with Crippen molar-refractivity contribution in [3.8, 4) is 0 Å².